The van der Waals surface area contributed by atoms with Crippen LogP contribution in [0.15, 0.2) is 24.3 Å². The maximum absolute atomic E-state index is 12.0. The van der Waals surface area contributed by atoms with Crippen LogP contribution in [0.3, 0.4) is 0 Å². The maximum atomic E-state index is 12.0. The molecule has 2 rings (SSSR count). The van der Waals surface area contributed by atoms with Crippen LogP contribution in [0.4, 0.5) is 0 Å². The fraction of sp³-hybridized carbons (Fsp3) is 0.533. The van der Waals surface area contributed by atoms with E-state index in [4.69, 9.17) is 16.3 Å². The first-order valence-corrected chi connectivity index (χ1v) is 9.65. The van der Waals surface area contributed by atoms with Gasteiger partial charge in [-0.3, -0.25) is 4.79 Å². The molecule has 1 atom stereocenters. The Labute approximate surface area is 141 Å². The molecule has 0 radical (unpaired) electrons. The monoisotopic (exact) mass is 360 g/mol. The van der Waals surface area contributed by atoms with Crippen molar-refractivity contribution in [2.24, 2.45) is 0 Å². The molecule has 1 aromatic carbocycles. The second-order valence-electron chi connectivity index (χ2n) is 5.56. The number of ether oxygens (including phenoxy) is 1. The summed E-state index contributed by atoms with van der Waals surface area (Å²) in [5.41, 5.74) is 0.659. The summed E-state index contributed by atoms with van der Waals surface area (Å²) in [6.45, 7) is 0.938. The van der Waals surface area contributed by atoms with Crippen molar-refractivity contribution in [3.8, 4) is 0 Å². The normalized spacial score (nSPS) is 18.3. The fourth-order valence-corrected chi connectivity index (χ4v) is 3.28. The lowest BCUT2D eigenvalue weighted by molar-refractivity contribution is -0.121. The molecule has 0 aliphatic carbocycles. The van der Waals surface area contributed by atoms with E-state index in [0.717, 1.165) is 23.4 Å². The minimum Gasteiger partial charge on any atom is -0.376 e. The van der Waals surface area contributed by atoms with E-state index < -0.39 is 10.0 Å². The largest absolute Gasteiger partial charge is 0.376 e. The van der Waals surface area contributed by atoms with Crippen LogP contribution in [0.5, 0.6) is 0 Å². The summed E-state index contributed by atoms with van der Waals surface area (Å²) in [5, 5.41) is 3.20. The van der Waals surface area contributed by atoms with E-state index in [1.165, 1.54) is 0 Å². The molecule has 1 aromatic rings. The molecule has 8 heteroatoms. The number of nitrogens with zero attached hydrogens (tertiary/aromatic N) is 1. The Balaban J connectivity index is 1.95. The molecule has 6 nitrogen and oxygen atoms in total. The number of nitrogens with one attached hydrogen (secondary N) is 1. The standard InChI is InChI=1S/C15H21ClN2O4S/c1-23(20,21)18(10-12-5-2-3-7-14(12)16)11-15(19)17-9-13-6-4-8-22-13/h2-3,5,7,13H,4,6,8-11H2,1H3,(H,17,19)/t13-/m0/s1. The van der Waals surface area contributed by atoms with E-state index in [0.29, 0.717) is 23.7 Å². The highest BCUT2D eigenvalue weighted by atomic mass is 35.5. The fourth-order valence-electron chi connectivity index (χ4n) is 2.36. The minimum atomic E-state index is -3.53. The van der Waals surface area contributed by atoms with Gasteiger partial charge in [-0.05, 0) is 24.5 Å². The molecule has 0 saturated carbocycles. The van der Waals surface area contributed by atoms with Crippen LogP contribution in [0.1, 0.15) is 18.4 Å². The third kappa shape index (κ3) is 5.76. The van der Waals surface area contributed by atoms with Crippen molar-refractivity contribution < 1.29 is 17.9 Å². The van der Waals surface area contributed by atoms with Crippen LogP contribution in [0.25, 0.3) is 0 Å². The van der Waals surface area contributed by atoms with Crippen molar-refractivity contribution in [2.45, 2.75) is 25.5 Å². The predicted molar refractivity (Wildman–Crippen MR) is 88.7 cm³/mol. The predicted octanol–water partition coefficient (Wildman–Crippen LogP) is 1.40. The Bertz CT molecular complexity index is 645. The highest BCUT2D eigenvalue weighted by Gasteiger charge is 2.22. The molecule has 23 heavy (non-hydrogen) atoms. The second-order valence-corrected chi connectivity index (χ2v) is 7.95. The topological polar surface area (TPSA) is 75.7 Å². The third-order valence-corrected chi connectivity index (χ3v) is 5.21. The summed E-state index contributed by atoms with van der Waals surface area (Å²) in [7, 11) is -3.53. The summed E-state index contributed by atoms with van der Waals surface area (Å²) >= 11 is 6.06. The van der Waals surface area contributed by atoms with E-state index >= 15 is 0 Å². The first-order valence-electron chi connectivity index (χ1n) is 7.43. The molecule has 1 fully saturated rings. The van der Waals surface area contributed by atoms with Crippen LogP contribution in [0, 0.1) is 0 Å². The molecule has 1 heterocycles. The quantitative estimate of drug-likeness (QED) is 0.797. The summed E-state index contributed by atoms with van der Waals surface area (Å²) in [5.74, 6) is -0.349. The Morgan fingerprint density at radius 2 is 2.17 bits per heavy atom. The zero-order valence-electron chi connectivity index (χ0n) is 13.0. The van der Waals surface area contributed by atoms with Gasteiger partial charge in [0.2, 0.25) is 15.9 Å². The summed E-state index contributed by atoms with van der Waals surface area (Å²) in [6.07, 6.45) is 3.00. The summed E-state index contributed by atoms with van der Waals surface area (Å²) in [4.78, 5) is 12.0. The Hall–Kier alpha value is -1.15. The molecule has 1 saturated heterocycles. The van der Waals surface area contributed by atoms with Crippen LogP contribution < -0.4 is 5.32 Å². The van der Waals surface area contributed by atoms with Gasteiger partial charge < -0.3 is 10.1 Å². The van der Waals surface area contributed by atoms with Crippen molar-refractivity contribution in [1.29, 1.82) is 0 Å². The van der Waals surface area contributed by atoms with Crippen molar-refractivity contribution in [3.63, 3.8) is 0 Å². The summed E-state index contributed by atoms with van der Waals surface area (Å²) < 4.78 is 30.4. The molecular formula is C15H21ClN2O4S. The first kappa shape index (κ1) is 18.2. The number of hydrogen-bond donors (Lipinski definition) is 1. The molecule has 1 aliphatic rings. The number of sulfonamides is 1. The Morgan fingerprint density at radius 3 is 2.78 bits per heavy atom. The van der Waals surface area contributed by atoms with Crippen molar-refractivity contribution in [3.05, 3.63) is 34.9 Å². The third-order valence-electron chi connectivity index (χ3n) is 3.64. The molecule has 1 aliphatic heterocycles. The van der Waals surface area contributed by atoms with Crippen molar-refractivity contribution in [1.82, 2.24) is 9.62 Å². The van der Waals surface area contributed by atoms with Gasteiger partial charge in [-0.15, -0.1) is 0 Å². The highest BCUT2D eigenvalue weighted by Crippen LogP contribution is 2.18. The van der Waals surface area contributed by atoms with Gasteiger partial charge in [-0.25, -0.2) is 8.42 Å². The van der Waals surface area contributed by atoms with Gasteiger partial charge in [0.05, 0.1) is 18.9 Å². The number of rotatable bonds is 7. The van der Waals surface area contributed by atoms with Gasteiger partial charge in [0.1, 0.15) is 0 Å². The van der Waals surface area contributed by atoms with Gasteiger partial charge in [-0.1, -0.05) is 29.8 Å². The van der Waals surface area contributed by atoms with Crippen LogP contribution in [-0.4, -0.2) is 50.7 Å². The van der Waals surface area contributed by atoms with Crippen LogP contribution >= 0.6 is 11.6 Å². The van der Waals surface area contributed by atoms with Gasteiger partial charge in [-0.2, -0.15) is 4.31 Å². The smallest absolute Gasteiger partial charge is 0.235 e. The average molecular weight is 361 g/mol. The number of amides is 1. The molecular weight excluding hydrogens is 340 g/mol. The van der Waals surface area contributed by atoms with E-state index in [9.17, 15) is 13.2 Å². The molecule has 1 amide bonds. The first-order chi connectivity index (χ1) is 10.9. The molecule has 0 unspecified atom stereocenters. The lowest BCUT2D eigenvalue weighted by Crippen LogP contribution is -2.42. The number of carbonyl (C=O) groups is 1. The molecule has 0 bridgehead atoms. The Morgan fingerprint density at radius 1 is 1.43 bits per heavy atom. The SMILES string of the molecule is CS(=O)(=O)N(CC(=O)NC[C@@H]1CCCO1)Cc1ccccc1Cl. The number of hydrogen-bond acceptors (Lipinski definition) is 4. The van der Waals surface area contributed by atoms with E-state index in [1.807, 2.05) is 0 Å². The number of benzene rings is 1. The summed E-state index contributed by atoms with van der Waals surface area (Å²) in [6, 6.07) is 6.98. The van der Waals surface area contributed by atoms with E-state index in [1.54, 1.807) is 24.3 Å². The van der Waals surface area contributed by atoms with Gasteiger partial charge in [0, 0.05) is 24.7 Å². The Kier molecular flexibility index (Phi) is 6.41. The van der Waals surface area contributed by atoms with E-state index in [-0.39, 0.29) is 25.1 Å². The number of halogens is 1. The maximum Gasteiger partial charge on any atom is 0.235 e. The molecule has 0 spiro atoms. The number of carbonyl (C=O) groups excluding carboxylic acids is 1. The molecule has 0 aromatic heterocycles. The second kappa shape index (κ2) is 8.10. The lowest BCUT2D eigenvalue weighted by Gasteiger charge is -2.20. The zero-order valence-corrected chi connectivity index (χ0v) is 14.6. The van der Waals surface area contributed by atoms with Gasteiger partial charge >= 0.3 is 0 Å². The van der Waals surface area contributed by atoms with E-state index in [2.05, 4.69) is 5.32 Å². The minimum absolute atomic E-state index is 0.0224. The highest BCUT2D eigenvalue weighted by molar-refractivity contribution is 7.88. The van der Waals surface area contributed by atoms with Crippen molar-refractivity contribution >= 4 is 27.5 Å². The van der Waals surface area contributed by atoms with Gasteiger partial charge in [0.15, 0.2) is 0 Å². The zero-order chi connectivity index (χ0) is 16.9. The average Bonchev–Trinajstić information content (AvgIpc) is 2.99. The van der Waals surface area contributed by atoms with Crippen LogP contribution in [-0.2, 0) is 26.1 Å². The lowest BCUT2D eigenvalue weighted by atomic mass is 10.2. The van der Waals surface area contributed by atoms with Crippen LogP contribution in [0.2, 0.25) is 5.02 Å². The molecule has 128 valence electrons. The molecule has 1 N–H and O–H groups in total. The van der Waals surface area contributed by atoms with Gasteiger partial charge in [0.25, 0.3) is 0 Å². The van der Waals surface area contributed by atoms with Crippen molar-refractivity contribution in [2.75, 3.05) is 26.0 Å².